The summed E-state index contributed by atoms with van der Waals surface area (Å²) < 4.78 is 12.8. The van der Waals surface area contributed by atoms with E-state index in [4.69, 9.17) is 5.11 Å². The second-order valence-corrected chi connectivity index (χ2v) is 2.79. The number of halogens is 1. The van der Waals surface area contributed by atoms with Crippen LogP contribution in [0.4, 0.5) is 4.39 Å². The van der Waals surface area contributed by atoms with E-state index in [9.17, 15) is 4.39 Å². The van der Waals surface area contributed by atoms with Crippen molar-refractivity contribution >= 4 is 0 Å². The largest absolute Gasteiger partial charge is 0.396 e. The summed E-state index contributed by atoms with van der Waals surface area (Å²) in [4.78, 5) is 3.74. The van der Waals surface area contributed by atoms with Crippen molar-refractivity contribution in [3.05, 3.63) is 29.8 Å². The molecule has 1 aromatic heterocycles. The summed E-state index contributed by atoms with van der Waals surface area (Å²) in [6.07, 6.45) is 3.32. The Morgan fingerprint density at radius 3 is 2.92 bits per heavy atom. The first kappa shape index (κ1) is 10.1. The quantitative estimate of drug-likeness (QED) is 0.729. The third-order valence-corrected chi connectivity index (χ3v) is 1.89. The molecule has 2 N–H and O–H groups in total. The van der Waals surface area contributed by atoms with Gasteiger partial charge in [0.2, 0.25) is 0 Å². The molecule has 0 aliphatic carbocycles. The van der Waals surface area contributed by atoms with Crippen LogP contribution in [0.1, 0.15) is 18.0 Å². The van der Waals surface area contributed by atoms with E-state index in [0.717, 1.165) is 11.8 Å². The van der Waals surface area contributed by atoms with E-state index >= 15 is 0 Å². The fourth-order valence-electron chi connectivity index (χ4n) is 1.23. The molecule has 0 saturated heterocycles. The molecule has 0 radical (unpaired) electrons. The molecule has 4 heteroatoms. The highest BCUT2D eigenvalue weighted by molar-refractivity contribution is 5.14. The van der Waals surface area contributed by atoms with Gasteiger partial charge >= 0.3 is 0 Å². The lowest BCUT2D eigenvalue weighted by atomic mass is 10.1. The fourth-order valence-corrected chi connectivity index (χ4v) is 1.23. The van der Waals surface area contributed by atoms with Crippen molar-refractivity contribution in [2.24, 2.45) is 0 Å². The minimum Gasteiger partial charge on any atom is -0.396 e. The fraction of sp³-hybridized carbons (Fsp3) is 0.444. The van der Waals surface area contributed by atoms with Crippen LogP contribution in [-0.4, -0.2) is 23.7 Å². The first-order valence-corrected chi connectivity index (χ1v) is 4.16. The molecule has 0 aromatic carbocycles. The Morgan fingerprint density at radius 2 is 2.38 bits per heavy atom. The molecule has 72 valence electrons. The molecule has 0 fully saturated rings. The topological polar surface area (TPSA) is 45.1 Å². The maximum Gasteiger partial charge on any atom is 0.141 e. The van der Waals surface area contributed by atoms with E-state index in [1.165, 1.54) is 6.07 Å². The highest BCUT2D eigenvalue weighted by Gasteiger charge is 2.08. The van der Waals surface area contributed by atoms with Gasteiger partial charge in [0.1, 0.15) is 5.82 Å². The lowest BCUT2D eigenvalue weighted by Gasteiger charge is -2.14. The molecule has 1 heterocycles. The third-order valence-electron chi connectivity index (χ3n) is 1.89. The normalized spacial score (nSPS) is 12.8. The van der Waals surface area contributed by atoms with Gasteiger partial charge in [0, 0.05) is 18.8 Å². The van der Waals surface area contributed by atoms with Gasteiger partial charge in [0.15, 0.2) is 0 Å². The summed E-state index contributed by atoms with van der Waals surface area (Å²) in [5, 5.41) is 11.7. The van der Waals surface area contributed by atoms with E-state index < -0.39 is 0 Å². The maximum absolute atomic E-state index is 12.8. The summed E-state index contributed by atoms with van der Waals surface area (Å²) in [6, 6.07) is 1.39. The first-order chi connectivity index (χ1) is 6.27. The summed E-state index contributed by atoms with van der Waals surface area (Å²) >= 11 is 0. The Hall–Kier alpha value is -1.00. The van der Waals surface area contributed by atoms with Gasteiger partial charge in [-0.2, -0.15) is 0 Å². The van der Waals surface area contributed by atoms with Crippen molar-refractivity contribution in [2.45, 2.75) is 12.5 Å². The summed E-state index contributed by atoms with van der Waals surface area (Å²) in [5.41, 5.74) is 0.761. The molecular weight excluding hydrogens is 171 g/mol. The SMILES string of the molecule is CNC(CCO)c1cncc(F)c1. The van der Waals surface area contributed by atoms with Crippen molar-refractivity contribution in [2.75, 3.05) is 13.7 Å². The van der Waals surface area contributed by atoms with Gasteiger partial charge in [-0.15, -0.1) is 0 Å². The van der Waals surface area contributed by atoms with Crippen LogP contribution in [0.3, 0.4) is 0 Å². The van der Waals surface area contributed by atoms with Crippen LogP contribution in [0.2, 0.25) is 0 Å². The van der Waals surface area contributed by atoms with Gasteiger partial charge in [-0.1, -0.05) is 0 Å². The molecule has 0 aliphatic heterocycles. The average Bonchev–Trinajstić information content (AvgIpc) is 2.14. The van der Waals surface area contributed by atoms with E-state index in [2.05, 4.69) is 10.3 Å². The number of aliphatic hydroxyl groups excluding tert-OH is 1. The summed E-state index contributed by atoms with van der Waals surface area (Å²) in [6.45, 7) is 0.0714. The van der Waals surface area contributed by atoms with Crippen LogP contribution >= 0.6 is 0 Å². The Balaban J connectivity index is 2.78. The molecule has 0 bridgehead atoms. The maximum atomic E-state index is 12.8. The van der Waals surface area contributed by atoms with Crippen molar-refractivity contribution in [3.63, 3.8) is 0 Å². The number of rotatable bonds is 4. The number of pyridine rings is 1. The smallest absolute Gasteiger partial charge is 0.141 e. The predicted molar refractivity (Wildman–Crippen MR) is 47.7 cm³/mol. The molecule has 1 atom stereocenters. The standard InChI is InChI=1S/C9H13FN2O/c1-11-9(2-3-13)7-4-8(10)6-12-5-7/h4-6,9,11,13H,2-3H2,1H3. The number of hydrogen-bond donors (Lipinski definition) is 2. The first-order valence-electron chi connectivity index (χ1n) is 4.16. The van der Waals surface area contributed by atoms with Crippen LogP contribution in [0.5, 0.6) is 0 Å². The molecule has 1 rings (SSSR count). The molecule has 1 unspecified atom stereocenters. The second-order valence-electron chi connectivity index (χ2n) is 2.79. The molecule has 3 nitrogen and oxygen atoms in total. The molecular formula is C9H13FN2O. The number of nitrogens with zero attached hydrogens (tertiary/aromatic N) is 1. The van der Waals surface area contributed by atoms with E-state index in [1.54, 1.807) is 13.2 Å². The minimum absolute atomic E-state index is 0.0341. The zero-order valence-corrected chi connectivity index (χ0v) is 7.50. The third kappa shape index (κ3) is 2.75. The lowest BCUT2D eigenvalue weighted by molar-refractivity contribution is 0.268. The van der Waals surface area contributed by atoms with E-state index in [0.29, 0.717) is 6.42 Å². The highest BCUT2D eigenvalue weighted by atomic mass is 19.1. The van der Waals surface area contributed by atoms with Crippen molar-refractivity contribution < 1.29 is 9.50 Å². The molecule has 0 spiro atoms. The number of hydrogen-bond acceptors (Lipinski definition) is 3. The number of aliphatic hydroxyl groups is 1. The zero-order chi connectivity index (χ0) is 9.68. The van der Waals surface area contributed by atoms with Crippen molar-refractivity contribution in [1.82, 2.24) is 10.3 Å². The van der Waals surface area contributed by atoms with Crippen LogP contribution in [0.25, 0.3) is 0 Å². The molecule has 0 aliphatic rings. The second kappa shape index (κ2) is 4.89. The van der Waals surface area contributed by atoms with Crippen LogP contribution in [-0.2, 0) is 0 Å². The Morgan fingerprint density at radius 1 is 1.62 bits per heavy atom. The molecule has 13 heavy (non-hydrogen) atoms. The van der Waals surface area contributed by atoms with Gasteiger partial charge in [-0.05, 0) is 25.1 Å². The summed E-state index contributed by atoms with van der Waals surface area (Å²) in [7, 11) is 1.77. The highest BCUT2D eigenvalue weighted by Crippen LogP contribution is 2.15. The Kier molecular flexibility index (Phi) is 3.79. The Bertz CT molecular complexity index is 268. The zero-order valence-electron chi connectivity index (χ0n) is 7.50. The number of aromatic nitrogens is 1. The van der Waals surface area contributed by atoms with Gasteiger partial charge in [0.25, 0.3) is 0 Å². The van der Waals surface area contributed by atoms with Gasteiger partial charge in [-0.3, -0.25) is 4.98 Å². The Labute approximate surface area is 76.6 Å². The average molecular weight is 184 g/mol. The predicted octanol–water partition coefficient (Wildman–Crippen LogP) is 0.864. The molecule has 1 aromatic rings. The minimum atomic E-state index is -0.351. The van der Waals surface area contributed by atoms with Gasteiger partial charge in [-0.25, -0.2) is 4.39 Å². The number of nitrogens with one attached hydrogen (secondary N) is 1. The lowest BCUT2D eigenvalue weighted by Crippen LogP contribution is -2.17. The summed E-state index contributed by atoms with van der Waals surface area (Å²) in [5.74, 6) is -0.351. The van der Waals surface area contributed by atoms with Crippen LogP contribution < -0.4 is 5.32 Å². The van der Waals surface area contributed by atoms with Crippen LogP contribution in [0.15, 0.2) is 18.5 Å². The molecule has 0 amide bonds. The van der Waals surface area contributed by atoms with Gasteiger partial charge in [0.05, 0.1) is 6.20 Å². The van der Waals surface area contributed by atoms with Crippen LogP contribution in [0, 0.1) is 5.82 Å². The van der Waals surface area contributed by atoms with Crippen molar-refractivity contribution in [3.8, 4) is 0 Å². The molecule has 0 saturated carbocycles. The van der Waals surface area contributed by atoms with E-state index in [-0.39, 0.29) is 18.5 Å². The van der Waals surface area contributed by atoms with Gasteiger partial charge < -0.3 is 10.4 Å². The monoisotopic (exact) mass is 184 g/mol. The van der Waals surface area contributed by atoms with Crippen molar-refractivity contribution in [1.29, 1.82) is 0 Å². The van der Waals surface area contributed by atoms with E-state index in [1.807, 2.05) is 0 Å².